The molecule has 2 aromatic carbocycles. The Morgan fingerprint density at radius 3 is 2.57 bits per heavy atom. The Hall–Kier alpha value is -2.20. The molecule has 0 unspecified atom stereocenters. The molecule has 0 saturated heterocycles. The first-order valence-electron chi connectivity index (χ1n) is 6.69. The molecule has 0 bridgehead atoms. The number of carbonyl (C=O) groups is 1. The number of nitrogens with two attached hydrogens (primary N) is 1. The van der Waals surface area contributed by atoms with Gasteiger partial charge < -0.3 is 15.8 Å². The molecule has 0 radical (unpaired) electrons. The van der Waals surface area contributed by atoms with Crippen molar-refractivity contribution in [3.05, 3.63) is 53.1 Å². The van der Waals surface area contributed by atoms with E-state index in [4.69, 9.17) is 22.1 Å². The predicted molar refractivity (Wildman–Crippen MR) is 86.2 cm³/mol. The molecule has 0 spiro atoms. The van der Waals surface area contributed by atoms with Crippen LogP contribution in [0, 0.1) is 0 Å². The number of nitrogen functional groups attached to an aromatic ring is 1. The molecule has 5 heteroatoms. The van der Waals surface area contributed by atoms with Crippen molar-refractivity contribution in [3.8, 4) is 0 Å². The highest BCUT2D eigenvalue weighted by molar-refractivity contribution is 6.30. The topological polar surface area (TPSA) is 64.3 Å². The maximum Gasteiger partial charge on any atom is 0.338 e. The lowest BCUT2D eigenvalue weighted by Crippen LogP contribution is -2.07. The molecule has 4 nitrogen and oxygen atoms in total. The molecular formula is C16H17ClN2O2. The Bertz CT molecular complexity index is 627. The molecule has 0 saturated carbocycles. The summed E-state index contributed by atoms with van der Waals surface area (Å²) < 4.78 is 5.07. The van der Waals surface area contributed by atoms with Gasteiger partial charge in [0.05, 0.1) is 23.5 Å². The third-order valence-electron chi connectivity index (χ3n) is 2.85. The summed E-state index contributed by atoms with van der Waals surface area (Å²) in [6, 6.07) is 12.3. The van der Waals surface area contributed by atoms with Crippen LogP contribution in [-0.2, 0) is 4.74 Å². The molecule has 2 rings (SSSR count). The van der Waals surface area contributed by atoms with Crippen LogP contribution in [0.2, 0.25) is 5.02 Å². The lowest BCUT2D eigenvalue weighted by Gasteiger charge is -2.11. The van der Waals surface area contributed by atoms with Gasteiger partial charge in [-0.25, -0.2) is 4.79 Å². The number of halogens is 1. The van der Waals surface area contributed by atoms with Crippen molar-refractivity contribution in [1.82, 2.24) is 0 Å². The zero-order valence-corrected chi connectivity index (χ0v) is 12.5. The van der Waals surface area contributed by atoms with E-state index in [9.17, 15) is 4.79 Å². The van der Waals surface area contributed by atoms with Crippen LogP contribution in [0.1, 0.15) is 23.7 Å². The van der Waals surface area contributed by atoms with E-state index >= 15 is 0 Å². The van der Waals surface area contributed by atoms with Gasteiger partial charge in [0.2, 0.25) is 0 Å². The van der Waals surface area contributed by atoms with Crippen LogP contribution in [0.15, 0.2) is 42.5 Å². The van der Waals surface area contributed by atoms with Crippen molar-refractivity contribution in [2.75, 3.05) is 17.7 Å². The van der Waals surface area contributed by atoms with Gasteiger partial charge in [-0.05, 0) is 48.9 Å². The third-order valence-corrected chi connectivity index (χ3v) is 3.10. The number of ether oxygens (including phenoxy) is 1. The molecule has 0 heterocycles. The van der Waals surface area contributed by atoms with Crippen LogP contribution >= 0.6 is 11.6 Å². The van der Waals surface area contributed by atoms with Crippen molar-refractivity contribution in [1.29, 1.82) is 0 Å². The number of hydrogen-bond donors (Lipinski definition) is 2. The Morgan fingerprint density at radius 1 is 1.24 bits per heavy atom. The minimum absolute atomic E-state index is 0.360. The van der Waals surface area contributed by atoms with Crippen LogP contribution < -0.4 is 11.1 Å². The zero-order valence-electron chi connectivity index (χ0n) is 11.7. The highest BCUT2D eigenvalue weighted by Gasteiger charge is 2.09. The van der Waals surface area contributed by atoms with E-state index in [1.165, 1.54) is 0 Å². The van der Waals surface area contributed by atoms with Gasteiger partial charge in [0.15, 0.2) is 0 Å². The molecule has 3 N–H and O–H groups in total. The number of esters is 1. The van der Waals surface area contributed by atoms with Gasteiger partial charge in [-0.1, -0.05) is 18.5 Å². The average molecular weight is 305 g/mol. The van der Waals surface area contributed by atoms with Gasteiger partial charge in [0, 0.05) is 10.7 Å². The predicted octanol–water partition coefficient (Wildman–Crippen LogP) is 4.23. The van der Waals surface area contributed by atoms with E-state index in [0.29, 0.717) is 22.9 Å². The molecular weight excluding hydrogens is 288 g/mol. The summed E-state index contributed by atoms with van der Waals surface area (Å²) in [5.41, 5.74) is 8.49. The number of carbonyl (C=O) groups excluding carboxylic acids is 1. The lowest BCUT2D eigenvalue weighted by molar-refractivity contribution is 0.0505. The molecule has 0 amide bonds. The Balaban J connectivity index is 2.12. The van der Waals surface area contributed by atoms with Crippen molar-refractivity contribution in [2.24, 2.45) is 0 Å². The minimum atomic E-state index is -0.360. The highest BCUT2D eigenvalue weighted by Crippen LogP contribution is 2.25. The van der Waals surface area contributed by atoms with Crippen LogP contribution in [0.4, 0.5) is 17.1 Å². The molecule has 0 atom stereocenters. The quantitative estimate of drug-likeness (QED) is 0.641. The number of hydrogen-bond acceptors (Lipinski definition) is 4. The summed E-state index contributed by atoms with van der Waals surface area (Å²) in [4.78, 5) is 11.8. The second-order valence-corrected chi connectivity index (χ2v) is 5.01. The first-order chi connectivity index (χ1) is 10.1. The van der Waals surface area contributed by atoms with Gasteiger partial charge in [-0.3, -0.25) is 0 Å². The van der Waals surface area contributed by atoms with Gasteiger partial charge in [-0.15, -0.1) is 0 Å². The van der Waals surface area contributed by atoms with E-state index in [2.05, 4.69) is 5.32 Å². The normalized spacial score (nSPS) is 10.2. The molecule has 0 aliphatic carbocycles. The average Bonchev–Trinajstić information content (AvgIpc) is 2.49. The fourth-order valence-electron chi connectivity index (χ4n) is 1.77. The maximum absolute atomic E-state index is 11.8. The van der Waals surface area contributed by atoms with E-state index in [0.717, 1.165) is 17.8 Å². The number of rotatable bonds is 5. The lowest BCUT2D eigenvalue weighted by atomic mass is 10.1. The summed E-state index contributed by atoms with van der Waals surface area (Å²) >= 11 is 5.84. The molecule has 0 aliphatic rings. The summed E-state index contributed by atoms with van der Waals surface area (Å²) in [7, 11) is 0. The minimum Gasteiger partial charge on any atom is -0.462 e. The largest absolute Gasteiger partial charge is 0.462 e. The van der Waals surface area contributed by atoms with Gasteiger partial charge >= 0.3 is 5.97 Å². The van der Waals surface area contributed by atoms with E-state index in [1.807, 2.05) is 19.1 Å². The second-order valence-electron chi connectivity index (χ2n) is 4.57. The Kier molecular flexibility index (Phi) is 5.06. The first-order valence-corrected chi connectivity index (χ1v) is 7.07. The molecule has 0 fully saturated rings. The van der Waals surface area contributed by atoms with Crippen LogP contribution in [0.25, 0.3) is 0 Å². The fraction of sp³-hybridized carbons (Fsp3) is 0.188. The number of benzene rings is 2. The summed E-state index contributed by atoms with van der Waals surface area (Å²) in [5, 5.41) is 3.84. The molecule has 21 heavy (non-hydrogen) atoms. The number of nitrogens with one attached hydrogen (secondary N) is 1. The van der Waals surface area contributed by atoms with Crippen molar-refractivity contribution >= 4 is 34.6 Å². The van der Waals surface area contributed by atoms with Gasteiger partial charge in [-0.2, -0.15) is 0 Å². The Labute approximate surface area is 128 Å². The fourth-order valence-corrected chi connectivity index (χ4v) is 1.90. The summed E-state index contributed by atoms with van der Waals surface area (Å²) in [6.45, 7) is 2.35. The highest BCUT2D eigenvalue weighted by atomic mass is 35.5. The third kappa shape index (κ3) is 4.13. The second kappa shape index (κ2) is 6.99. The van der Waals surface area contributed by atoms with Gasteiger partial charge in [0.1, 0.15) is 0 Å². The Morgan fingerprint density at radius 2 is 1.95 bits per heavy atom. The molecule has 110 valence electrons. The molecule has 2 aromatic rings. The van der Waals surface area contributed by atoms with Crippen LogP contribution in [-0.4, -0.2) is 12.6 Å². The number of anilines is 3. The SMILES string of the molecule is CCCOC(=O)c1ccc(Nc2ccc(Cl)cc2)c(N)c1. The zero-order chi connectivity index (χ0) is 15.2. The van der Waals surface area contributed by atoms with E-state index in [-0.39, 0.29) is 5.97 Å². The van der Waals surface area contributed by atoms with E-state index < -0.39 is 0 Å². The van der Waals surface area contributed by atoms with Crippen LogP contribution in [0.3, 0.4) is 0 Å². The monoisotopic (exact) mass is 304 g/mol. The smallest absolute Gasteiger partial charge is 0.338 e. The maximum atomic E-state index is 11.8. The molecule has 0 aliphatic heterocycles. The van der Waals surface area contributed by atoms with Crippen molar-refractivity contribution in [3.63, 3.8) is 0 Å². The van der Waals surface area contributed by atoms with E-state index in [1.54, 1.807) is 30.3 Å². The molecule has 0 aromatic heterocycles. The van der Waals surface area contributed by atoms with Gasteiger partial charge in [0.25, 0.3) is 0 Å². The van der Waals surface area contributed by atoms with Crippen molar-refractivity contribution in [2.45, 2.75) is 13.3 Å². The first kappa shape index (κ1) is 15.2. The van der Waals surface area contributed by atoms with Crippen LogP contribution in [0.5, 0.6) is 0 Å². The van der Waals surface area contributed by atoms with Crippen molar-refractivity contribution < 1.29 is 9.53 Å². The standard InChI is InChI=1S/C16H17ClN2O2/c1-2-9-21-16(20)11-3-8-15(14(18)10-11)19-13-6-4-12(17)5-7-13/h3-8,10,19H,2,9,18H2,1H3. The summed E-state index contributed by atoms with van der Waals surface area (Å²) in [6.07, 6.45) is 0.789. The summed E-state index contributed by atoms with van der Waals surface area (Å²) in [5.74, 6) is -0.360.